The van der Waals surface area contributed by atoms with Crippen LogP contribution in [-0.4, -0.2) is 27.3 Å². The highest BCUT2D eigenvalue weighted by Gasteiger charge is 2.11. The number of ether oxygens (including phenoxy) is 1. The number of methoxy groups -OCH3 is 1. The molecule has 0 N–H and O–H groups in total. The van der Waals surface area contributed by atoms with Gasteiger partial charge in [-0.05, 0) is 38.0 Å². The van der Waals surface area contributed by atoms with Crippen LogP contribution in [-0.2, 0) is 4.74 Å². The van der Waals surface area contributed by atoms with Gasteiger partial charge in [0.05, 0.1) is 6.61 Å². The van der Waals surface area contributed by atoms with E-state index in [0.717, 1.165) is 24.6 Å². The largest absolute Gasteiger partial charge is 0.381 e. The van der Waals surface area contributed by atoms with Crippen molar-refractivity contribution in [1.82, 2.24) is 0 Å². The molecule has 0 radical (unpaired) electrons. The van der Waals surface area contributed by atoms with Gasteiger partial charge in [0.25, 0.3) is 0 Å². The molecule has 0 aliphatic rings. The summed E-state index contributed by atoms with van der Waals surface area (Å²) < 4.78 is 5.12. The number of carbonyl (C=O) groups excluding carboxylic acids is 1. The van der Waals surface area contributed by atoms with Gasteiger partial charge in [-0.1, -0.05) is 28.7 Å². The summed E-state index contributed by atoms with van der Waals surface area (Å²) in [5.41, 5.74) is 6.51. The minimum atomic E-state index is 0.559. The third-order valence-electron chi connectivity index (χ3n) is 3.10. The number of hydrogen-bond donors (Lipinski definition) is 0. The fourth-order valence-electron chi connectivity index (χ4n) is 2.08. The van der Waals surface area contributed by atoms with Crippen LogP contribution in [0.25, 0.3) is 5.47 Å². The molecule has 0 bridgehead atoms. The molecular weight excluding hydrogens is 235 g/mol. The molecule has 1 aromatic carbocycles. The van der Waals surface area contributed by atoms with E-state index in [1.54, 1.807) is 7.11 Å². The highest BCUT2D eigenvalue weighted by Crippen LogP contribution is 2.23. The van der Waals surface area contributed by atoms with E-state index in [1.807, 2.05) is 18.2 Å². The van der Waals surface area contributed by atoms with Crippen molar-refractivity contribution >= 4 is 19.0 Å². The Balaban J connectivity index is 3.17. The summed E-state index contributed by atoms with van der Waals surface area (Å²) in [7, 11) is 2.45. The van der Waals surface area contributed by atoms with E-state index in [-0.39, 0.29) is 0 Å². The average Bonchev–Trinajstić information content (AvgIpc) is 2.37. The van der Waals surface area contributed by atoms with Crippen LogP contribution in [0.3, 0.4) is 0 Å². The molecule has 2 nitrogen and oxygen atoms in total. The first-order valence-electron chi connectivity index (χ1n) is 6.37. The number of carbonyl (C=O) groups is 1. The predicted molar refractivity (Wildman–Crippen MR) is 83.0 cm³/mol. The number of benzene rings is 1. The van der Waals surface area contributed by atoms with E-state index >= 15 is 0 Å². The lowest BCUT2D eigenvalue weighted by Crippen LogP contribution is -2.08. The second kappa shape index (κ2) is 7.10. The van der Waals surface area contributed by atoms with E-state index in [2.05, 4.69) is 27.4 Å². The van der Waals surface area contributed by atoms with Crippen LogP contribution in [0.5, 0.6) is 0 Å². The fourth-order valence-corrected chi connectivity index (χ4v) is 2.08. The first-order valence-corrected chi connectivity index (χ1v) is 6.37. The van der Waals surface area contributed by atoms with Crippen molar-refractivity contribution in [1.29, 1.82) is 0 Å². The molecular formula is C16H21BO2. The molecule has 0 spiro atoms. The Labute approximate surface area is 116 Å². The van der Waals surface area contributed by atoms with Gasteiger partial charge < -0.3 is 4.74 Å². The summed E-state index contributed by atoms with van der Waals surface area (Å²) in [5, 5.41) is 0. The number of rotatable bonds is 6. The molecule has 1 aromatic rings. The molecule has 0 aliphatic carbocycles. The topological polar surface area (TPSA) is 26.3 Å². The lowest BCUT2D eigenvalue weighted by atomic mass is 9.59. The third-order valence-corrected chi connectivity index (χ3v) is 3.10. The average molecular weight is 256 g/mol. The molecule has 100 valence electrons. The minimum Gasteiger partial charge on any atom is -0.381 e. The zero-order valence-electron chi connectivity index (χ0n) is 12.2. The number of allylic oxidation sites excluding steroid dienone is 1. The summed E-state index contributed by atoms with van der Waals surface area (Å²) in [4.78, 5) is 10.9. The van der Waals surface area contributed by atoms with Crippen LogP contribution in [0.4, 0.5) is 0 Å². The van der Waals surface area contributed by atoms with Crippen LogP contribution >= 0.6 is 0 Å². The molecule has 0 aromatic heterocycles. The smallest absolute Gasteiger partial charge is 0.189 e. The van der Waals surface area contributed by atoms with Gasteiger partial charge in [0.15, 0.2) is 7.28 Å². The molecule has 0 heterocycles. The van der Waals surface area contributed by atoms with Crippen LogP contribution in [0.15, 0.2) is 35.8 Å². The summed E-state index contributed by atoms with van der Waals surface area (Å²) in [6.07, 6.45) is 0.884. The summed E-state index contributed by atoms with van der Waals surface area (Å²) >= 11 is 0. The molecule has 1 rings (SSSR count). The standard InChI is InChI=1S/C16H21BO2/c1-11(2)16(17-13(4)10-19-5)15-8-14(9-18)7-6-12(15)3/h6-9,17H,4,10H2,1-3,5H3. The van der Waals surface area contributed by atoms with Gasteiger partial charge in [0, 0.05) is 12.7 Å². The SMILES string of the molecule is C=C(BC(=C(C)C)c1cc(C=O)ccc1C)COC. The van der Waals surface area contributed by atoms with Crippen molar-refractivity contribution < 1.29 is 9.53 Å². The highest BCUT2D eigenvalue weighted by molar-refractivity contribution is 6.67. The first-order chi connectivity index (χ1) is 8.99. The first kappa shape index (κ1) is 15.5. The minimum absolute atomic E-state index is 0.559. The van der Waals surface area contributed by atoms with Crippen LogP contribution < -0.4 is 0 Å². The molecule has 0 aliphatic heterocycles. The molecule has 0 saturated heterocycles. The van der Waals surface area contributed by atoms with Crippen molar-refractivity contribution in [3.05, 3.63) is 52.5 Å². The summed E-state index contributed by atoms with van der Waals surface area (Å²) in [6.45, 7) is 10.8. The van der Waals surface area contributed by atoms with E-state index in [9.17, 15) is 4.79 Å². The molecule has 0 amide bonds. The van der Waals surface area contributed by atoms with Crippen LogP contribution in [0, 0.1) is 6.92 Å². The molecule has 0 fully saturated rings. The molecule has 19 heavy (non-hydrogen) atoms. The van der Waals surface area contributed by atoms with Gasteiger partial charge in [0.1, 0.15) is 6.29 Å². The van der Waals surface area contributed by atoms with Gasteiger partial charge in [-0.25, -0.2) is 0 Å². The maximum Gasteiger partial charge on any atom is 0.189 e. The maximum absolute atomic E-state index is 10.9. The van der Waals surface area contributed by atoms with E-state index in [1.165, 1.54) is 16.6 Å². The summed E-state index contributed by atoms with van der Waals surface area (Å²) in [6, 6.07) is 5.78. The Hall–Kier alpha value is -1.61. The van der Waals surface area contributed by atoms with Crippen molar-refractivity contribution in [2.75, 3.05) is 13.7 Å². The fraction of sp³-hybridized carbons (Fsp3) is 0.312. The Bertz CT molecular complexity index is 511. The quantitative estimate of drug-likeness (QED) is 0.577. The van der Waals surface area contributed by atoms with Crippen molar-refractivity contribution in [2.24, 2.45) is 0 Å². The number of aryl methyl sites for hydroxylation is 1. The van der Waals surface area contributed by atoms with Crippen LogP contribution in [0.1, 0.15) is 35.3 Å². The molecule has 0 unspecified atom stereocenters. The van der Waals surface area contributed by atoms with Gasteiger partial charge in [-0.3, -0.25) is 4.79 Å². The van der Waals surface area contributed by atoms with E-state index in [4.69, 9.17) is 4.74 Å². The van der Waals surface area contributed by atoms with Crippen molar-refractivity contribution in [3.63, 3.8) is 0 Å². The Kier molecular flexibility index (Phi) is 5.77. The van der Waals surface area contributed by atoms with Gasteiger partial charge in [-0.15, -0.1) is 6.58 Å². The monoisotopic (exact) mass is 256 g/mol. The Morgan fingerprint density at radius 2 is 2.11 bits per heavy atom. The van der Waals surface area contributed by atoms with Crippen molar-refractivity contribution in [3.8, 4) is 0 Å². The Morgan fingerprint density at radius 1 is 1.42 bits per heavy atom. The van der Waals surface area contributed by atoms with Gasteiger partial charge in [0.2, 0.25) is 0 Å². The van der Waals surface area contributed by atoms with Crippen LogP contribution in [0.2, 0.25) is 0 Å². The lowest BCUT2D eigenvalue weighted by Gasteiger charge is -2.14. The maximum atomic E-state index is 10.9. The third kappa shape index (κ3) is 4.21. The number of aldehydes is 1. The summed E-state index contributed by atoms with van der Waals surface area (Å²) in [5.74, 6) is 0. The second-order valence-corrected chi connectivity index (χ2v) is 5.03. The van der Waals surface area contributed by atoms with Crippen molar-refractivity contribution in [2.45, 2.75) is 20.8 Å². The lowest BCUT2D eigenvalue weighted by molar-refractivity contribution is 0.112. The van der Waals surface area contributed by atoms with Gasteiger partial charge >= 0.3 is 0 Å². The van der Waals surface area contributed by atoms with E-state index < -0.39 is 0 Å². The zero-order valence-corrected chi connectivity index (χ0v) is 12.2. The normalized spacial score (nSPS) is 9.89. The molecule has 0 saturated carbocycles. The van der Waals surface area contributed by atoms with E-state index in [0.29, 0.717) is 12.2 Å². The molecule has 0 atom stereocenters. The number of hydrogen-bond acceptors (Lipinski definition) is 2. The Morgan fingerprint density at radius 3 is 2.63 bits per heavy atom. The molecule has 3 heteroatoms. The van der Waals surface area contributed by atoms with Gasteiger partial charge in [-0.2, -0.15) is 0 Å². The highest BCUT2D eigenvalue weighted by atomic mass is 16.5. The second-order valence-electron chi connectivity index (χ2n) is 5.03. The predicted octanol–water partition coefficient (Wildman–Crippen LogP) is 3.16. The zero-order chi connectivity index (χ0) is 14.4.